The van der Waals surface area contributed by atoms with E-state index in [0.717, 1.165) is 13.0 Å². The zero-order chi connectivity index (χ0) is 14.4. The third-order valence-electron chi connectivity index (χ3n) is 3.77. The van der Waals surface area contributed by atoms with E-state index in [1.165, 1.54) is 16.7 Å². The molecule has 1 nitrogen and oxygen atoms in total. The van der Waals surface area contributed by atoms with Crippen LogP contribution < -0.4 is 17.7 Å². The van der Waals surface area contributed by atoms with Crippen molar-refractivity contribution in [1.29, 1.82) is 0 Å². The van der Waals surface area contributed by atoms with Crippen molar-refractivity contribution >= 4 is 0 Å². The van der Waals surface area contributed by atoms with Crippen molar-refractivity contribution in [3.63, 3.8) is 0 Å². The van der Waals surface area contributed by atoms with Gasteiger partial charge in [-0.25, -0.2) is 0 Å². The molecule has 2 heteroatoms. The second-order valence-electron chi connectivity index (χ2n) is 5.53. The lowest BCUT2D eigenvalue weighted by atomic mass is 9.88. The maximum Gasteiger partial charge on any atom is 0.0443 e. The van der Waals surface area contributed by atoms with Gasteiger partial charge >= 0.3 is 0 Å². The molecule has 0 radical (unpaired) electrons. The Morgan fingerprint density at radius 2 is 1.67 bits per heavy atom. The van der Waals surface area contributed by atoms with Crippen LogP contribution in [0.3, 0.4) is 0 Å². The predicted octanol–water partition coefficient (Wildman–Crippen LogP) is 1.58. The summed E-state index contributed by atoms with van der Waals surface area (Å²) in [6.45, 7) is 9.12. The molecule has 0 saturated heterocycles. The van der Waals surface area contributed by atoms with Gasteiger partial charge in [-0.15, -0.1) is 6.58 Å². The molecule has 21 heavy (non-hydrogen) atoms. The van der Waals surface area contributed by atoms with Gasteiger partial charge in [0, 0.05) is 12.1 Å². The Bertz CT molecular complexity index is 548. The number of rotatable bonds is 6. The van der Waals surface area contributed by atoms with Gasteiger partial charge in [-0.1, -0.05) is 66.2 Å². The Morgan fingerprint density at radius 3 is 2.24 bits per heavy atom. The van der Waals surface area contributed by atoms with Gasteiger partial charge in [-0.3, -0.25) is 0 Å². The summed E-state index contributed by atoms with van der Waals surface area (Å²) in [5.74, 6) is 0. The maximum atomic E-state index is 3.90. The van der Waals surface area contributed by atoms with Gasteiger partial charge in [-0.2, -0.15) is 0 Å². The monoisotopic (exact) mass is 300 g/mol. The Labute approximate surface area is 134 Å². The molecule has 0 heterocycles. The van der Waals surface area contributed by atoms with Crippen LogP contribution in [0.15, 0.2) is 67.3 Å². The third-order valence-corrected chi connectivity index (χ3v) is 3.77. The number of benzene rings is 2. The van der Waals surface area contributed by atoms with Crippen LogP contribution in [0.25, 0.3) is 0 Å². The van der Waals surface area contributed by atoms with Crippen LogP contribution in [0.1, 0.15) is 30.0 Å². The SMILES string of the molecule is C=CCC(C)(NCc1ccccc1)c1ccc(C)cc1.[Cl-]. The van der Waals surface area contributed by atoms with Crippen molar-refractivity contribution in [2.45, 2.75) is 32.4 Å². The molecule has 0 fully saturated rings. The van der Waals surface area contributed by atoms with E-state index in [1.807, 2.05) is 12.1 Å². The van der Waals surface area contributed by atoms with Crippen LogP contribution in [0.2, 0.25) is 0 Å². The molecule has 1 atom stereocenters. The molecule has 2 rings (SSSR count). The molecule has 1 N–H and O–H groups in total. The van der Waals surface area contributed by atoms with Gasteiger partial charge in [0.25, 0.3) is 0 Å². The van der Waals surface area contributed by atoms with E-state index in [4.69, 9.17) is 0 Å². The summed E-state index contributed by atoms with van der Waals surface area (Å²) in [6.07, 6.45) is 2.89. The van der Waals surface area contributed by atoms with Crippen LogP contribution in [-0.4, -0.2) is 0 Å². The van der Waals surface area contributed by atoms with E-state index in [9.17, 15) is 0 Å². The van der Waals surface area contributed by atoms with E-state index in [0.29, 0.717) is 0 Å². The molecule has 0 aliphatic rings. The fourth-order valence-electron chi connectivity index (χ4n) is 2.40. The average Bonchev–Trinajstić information content (AvgIpc) is 2.47. The first-order valence-corrected chi connectivity index (χ1v) is 7.11. The molecule has 0 aliphatic carbocycles. The molecule has 0 saturated carbocycles. The molecule has 112 valence electrons. The van der Waals surface area contributed by atoms with Crippen molar-refractivity contribution in [2.24, 2.45) is 0 Å². The highest BCUT2D eigenvalue weighted by atomic mass is 35.5. The molecule has 0 spiro atoms. The van der Waals surface area contributed by atoms with E-state index in [-0.39, 0.29) is 17.9 Å². The Balaban J connectivity index is 0.00000220. The number of aryl methyl sites for hydroxylation is 1. The van der Waals surface area contributed by atoms with Crippen LogP contribution in [0, 0.1) is 6.92 Å². The predicted molar refractivity (Wildman–Crippen MR) is 86.6 cm³/mol. The molecule has 1 unspecified atom stereocenters. The van der Waals surface area contributed by atoms with E-state index < -0.39 is 0 Å². The minimum absolute atomic E-state index is 0. The van der Waals surface area contributed by atoms with Gasteiger partial charge in [-0.05, 0) is 31.4 Å². The summed E-state index contributed by atoms with van der Waals surface area (Å²) in [4.78, 5) is 0. The van der Waals surface area contributed by atoms with Crippen molar-refractivity contribution in [2.75, 3.05) is 0 Å². The quantitative estimate of drug-likeness (QED) is 0.799. The first-order valence-electron chi connectivity index (χ1n) is 7.11. The summed E-state index contributed by atoms with van der Waals surface area (Å²) in [5.41, 5.74) is 3.82. The smallest absolute Gasteiger partial charge is 0.0443 e. The molecule has 0 amide bonds. The summed E-state index contributed by atoms with van der Waals surface area (Å²) in [6, 6.07) is 19.2. The van der Waals surface area contributed by atoms with Crippen molar-refractivity contribution in [3.05, 3.63) is 83.9 Å². The highest BCUT2D eigenvalue weighted by Crippen LogP contribution is 2.26. The Kier molecular flexibility index (Phi) is 6.67. The lowest BCUT2D eigenvalue weighted by molar-refractivity contribution is -0.00000446. The summed E-state index contributed by atoms with van der Waals surface area (Å²) < 4.78 is 0. The largest absolute Gasteiger partial charge is 1.00 e. The van der Waals surface area contributed by atoms with Crippen molar-refractivity contribution in [3.8, 4) is 0 Å². The second-order valence-corrected chi connectivity index (χ2v) is 5.53. The molecule has 2 aromatic rings. The second kappa shape index (κ2) is 8.02. The third kappa shape index (κ3) is 4.73. The van der Waals surface area contributed by atoms with Crippen LogP contribution in [-0.2, 0) is 12.1 Å². The molecular weight excluding hydrogens is 278 g/mol. The van der Waals surface area contributed by atoms with Crippen molar-refractivity contribution < 1.29 is 12.4 Å². The lowest BCUT2D eigenvalue weighted by Gasteiger charge is -2.31. The minimum Gasteiger partial charge on any atom is -1.00 e. The first kappa shape index (κ1) is 17.5. The number of hydrogen-bond donors (Lipinski definition) is 1. The molecule has 0 aromatic heterocycles. The Morgan fingerprint density at radius 1 is 1.05 bits per heavy atom. The van der Waals surface area contributed by atoms with Crippen LogP contribution >= 0.6 is 0 Å². The van der Waals surface area contributed by atoms with Gasteiger partial charge < -0.3 is 17.7 Å². The number of halogens is 1. The Hall–Kier alpha value is -1.57. The molecular formula is C19H23ClN-. The van der Waals surface area contributed by atoms with Gasteiger partial charge in [0.2, 0.25) is 0 Å². The van der Waals surface area contributed by atoms with Gasteiger partial charge in [0.1, 0.15) is 0 Å². The minimum atomic E-state index is -0.0781. The first-order chi connectivity index (χ1) is 9.64. The molecule has 0 aliphatic heterocycles. The average molecular weight is 301 g/mol. The van der Waals surface area contributed by atoms with Gasteiger partial charge in [0.05, 0.1) is 0 Å². The van der Waals surface area contributed by atoms with Crippen LogP contribution in [0.5, 0.6) is 0 Å². The topological polar surface area (TPSA) is 12.0 Å². The highest BCUT2D eigenvalue weighted by molar-refractivity contribution is 5.28. The fourth-order valence-corrected chi connectivity index (χ4v) is 2.40. The highest BCUT2D eigenvalue weighted by Gasteiger charge is 2.24. The van der Waals surface area contributed by atoms with Gasteiger partial charge in [0.15, 0.2) is 0 Å². The number of nitrogens with one attached hydrogen (secondary N) is 1. The fraction of sp³-hybridized carbons (Fsp3) is 0.263. The molecule has 0 bridgehead atoms. The standard InChI is InChI=1S/C19H23N.ClH/c1-4-14-19(3,18-12-10-16(2)11-13-18)20-15-17-8-6-5-7-9-17;/h4-13,20H,1,14-15H2,2-3H3;1H/p-1. The van der Waals surface area contributed by atoms with E-state index >= 15 is 0 Å². The summed E-state index contributed by atoms with van der Waals surface area (Å²) in [7, 11) is 0. The molecule has 2 aromatic carbocycles. The summed E-state index contributed by atoms with van der Waals surface area (Å²) in [5, 5.41) is 3.68. The summed E-state index contributed by atoms with van der Waals surface area (Å²) >= 11 is 0. The van der Waals surface area contributed by atoms with E-state index in [1.54, 1.807) is 0 Å². The maximum absolute atomic E-state index is 3.90. The van der Waals surface area contributed by atoms with Crippen LogP contribution in [0.4, 0.5) is 0 Å². The zero-order valence-corrected chi connectivity index (χ0v) is 13.5. The van der Waals surface area contributed by atoms with Crippen molar-refractivity contribution in [1.82, 2.24) is 5.32 Å². The lowest BCUT2D eigenvalue weighted by Crippen LogP contribution is -3.00. The normalized spacial score (nSPS) is 13.0. The number of hydrogen-bond acceptors (Lipinski definition) is 1. The van der Waals surface area contributed by atoms with E-state index in [2.05, 4.69) is 74.3 Å². The zero-order valence-electron chi connectivity index (χ0n) is 12.8.